The van der Waals surface area contributed by atoms with E-state index in [9.17, 15) is 0 Å². The van der Waals surface area contributed by atoms with Gasteiger partial charge in [-0.3, -0.25) is 6.08 Å². The molecule has 0 unspecified atom stereocenters. The van der Waals surface area contributed by atoms with Gasteiger partial charge in [-0.05, 0) is 0 Å². The van der Waals surface area contributed by atoms with E-state index < -0.39 is 0 Å². The summed E-state index contributed by atoms with van der Waals surface area (Å²) in [6.45, 7) is 0. The van der Waals surface area contributed by atoms with Gasteiger partial charge in [0.2, 0.25) is 0 Å². The van der Waals surface area contributed by atoms with Crippen molar-refractivity contribution in [2.45, 2.75) is 6.42 Å². The van der Waals surface area contributed by atoms with E-state index in [1.807, 2.05) is 12.2 Å². The maximum atomic E-state index is 2.99. The third-order valence-electron chi connectivity index (χ3n) is 0.586. The summed E-state index contributed by atoms with van der Waals surface area (Å²) in [5, 5.41) is 0. The van der Waals surface area contributed by atoms with Crippen LogP contribution >= 0.6 is 0 Å². The predicted octanol–water partition coefficient (Wildman–Crippen LogP) is 0.947. The van der Waals surface area contributed by atoms with Gasteiger partial charge in [-0.1, -0.05) is 0 Å². The fraction of sp³-hybridized carbons (Fsp3) is 0.200. The molecule has 4 heteroatoms. The van der Waals surface area contributed by atoms with Crippen LogP contribution in [0, 0.1) is 6.08 Å². The number of hydrogen-bond donors (Lipinski definition) is 0. The first-order chi connectivity index (χ1) is 2.50. The van der Waals surface area contributed by atoms with Crippen molar-refractivity contribution in [3.63, 3.8) is 0 Å². The van der Waals surface area contributed by atoms with E-state index in [1.54, 1.807) is 0 Å². The monoisotopic (exact) mass is 300 g/mol. The first-order valence-corrected chi connectivity index (χ1v) is 1.72. The molecule has 0 saturated carbocycles. The predicted molar refractivity (Wildman–Crippen MR) is 23.6 cm³/mol. The van der Waals surface area contributed by atoms with Gasteiger partial charge in [0.05, 0.1) is 0 Å². The summed E-state index contributed by atoms with van der Waals surface area (Å²) in [5.41, 5.74) is 0. The van der Waals surface area contributed by atoms with Crippen LogP contribution in [-0.2, 0) is 36.9 Å². The molecular formula is C5H5O3Re-7. The molecule has 0 N–H and O–H groups in total. The minimum absolute atomic E-state index is 0. The second-order valence-electron chi connectivity index (χ2n) is 1.00. The molecular weight excluding hydrogens is 294 g/mol. The number of rotatable bonds is 0. The quantitative estimate of drug-likeness (QED) is 0.596. The molecule has 0 saturated heterocycles. The molecule has 57 valence electrons. The van der Waals surface area contributed by atoms with Gasteiger partial charge in [-0.2, -0.15) is 6.08 Å². The van der Waals surface area contributed by atoms with Gasteiger partial charge in [-0.25, -0.2) is 12.2 Å². The van der Waals surface area contributed by atoms with Crippen molar-refractivity contribution in [1.29, 1.82) is 0 Å². The van der Waals surface area contributed by atoms with Crippen LogP contribution in [0.3, 0.4) is 0 Å². The van der Waals surface area contributed by atoms with Gasteiger partial charge in [-0.15, -0.1) is 6.42 Å². The number of allylic oxidation sites excluding steroid dienone is 4. The fourth-order valence-electron chi connectivity index (χ4n) is 0.340. The van der Waals surface area contributed by atoms with E-state index in [0.717, 1.165) is 6.42 Å². The molecule has 0 atom stereocenters. The zero-order valence-electron chi connectivity index (χ0n) is 4.54. The van der Waals surface area contributed by atoms with E-state index in [2.05, 4.69) is 12.2 Å². The van der Waals surface area contributed by atoms with Crippen molar-refractivity contribution in [2.75, 3.05) is 0 Å². The molecule has 1 aliphatic rings. The number of hydrogen-bond acceptors (Lipinski definition) is 0. The standard InChI is InChI=1S/C5H5.3O.Re/c1-2-4-5-3-1;;;;/h1-3H,4H2;;;;/q-1;3*-2;. The van der Waals surface area contributed by atoms with E-state index >= 15 is 0 Å². The molecule has 0 aliphatic heterocycles. The van der Waals surface area contributed by atoms with Crippen LogP contribution in [0.5, 0.6) is 0 Å². The van der Waals surface area contributed by atoms with Crippen molar-refractivity contribution in [1.82, 2.24) is 0 Å². The van der Waals surface area contributed by atoms with Gasteiger partial charge in [0, 0.05) is 20.4 Å². The second kappa shape index (κ2) is 15.7. The molecule has 1 rings (SSSR count). The molecule has 0 aromatic carbocycles. The molecule has 3 nitrogen and oxygen atoms in total. The van der Waals surface area contributed by atoms with E-state index in [0.29, 0.717) is 0 Å². The summed E-state index contributed by atoms with van der Waals surface area (Å²) in [7, 11) is 0. The van der Waals surface area contributed by atoms with Gasteiger partial charge in [0.1, 0.15) is 0 Å². The maximum absolute atomic E-state index is 2.99. The van der Waals surface area contributed by atoms with Gasteiger partial charge in [0.15, 0.2) is 0 Å². The van der Waals surface area contributed by atoms with Crippen LogP contribution in [0.2, 0.25) is 0 Å². The molecule has 9 heavy (non-hydrogen) atoms. The summed E-state index contributed by atoms with van der Waals surface area (Å²) in [6, 6.07) is 0. The Hall–Kier alpha value is 0.0223. The molecule has 0 aromatic rings. The van der Waals surface area contributed by atoms with Crippen LogP contribution in [-0.4, -0.2) is 0 Å². The Kier molecular flexibility index (Phi) is 40.1. The molecule has 0 aromatic heterocycles. The minimum atomic E-state index is 0. The second-order valence-corrected chi connectivity index (χ2v) is 1.00. The molecule has 1 aliphatic carbocycles. The van der Waals surface area contributed by atoms with Gasteiger partial charge in [0.25, 0.3) is 0 Å². The third-order valence-corrected chi connectivity index (χ3v) is 0.586. The minimum Gasteiger partial charge on any atom is -2.00 e. The molecule has 1 radical (unpaired) electrons. The Labute approximate surface area is 68.0 Å². The van der Waals surface area contributed by atoms with Crippen LogP contribution in [0.1, 0.15) is 6.42 Å². The maximum Gasteiger partial charge on any atom is 0 e. The Morgan fingerprint density at radius 1 is 1.11 bits per heavy atom. The summed E-state index contributed by atoms with van der Waals surface area (Å²) in [5.74, 6) is 0. The summed E-state index contributed by atoms with van der Waals surface area (Å²) < 4.78 is 0. The third kappa shape index (κ3) is 11.5. The van der Waals surface area contributed by atoms with Crippen molar-refractivity contribution >= 4 is 0 Å². The molecule has 0 fully saturated rings. The normalized spacial score (nSPS) is 9.78. The van der Waals surface area contributed by atoms with Crippen molar-refractivity contribution in [3.05, 3.63) is 24.3 Å². The smallest absolute Gasteiger partial charge is 0 e. The van der Waals surface area contributed by atoms with E-state index in [-0.39, 0.29) is 36.9 Å². The van der Waals surface area contributed by atoms with Crippen molar-refractivity contribution in [3.8, 4) is 0 Å². The first-order valence-electron chi connectivity index (χ1n) is 1.72. The van der Waals surface area contributed by atoms with Gasteiger partial charge >= 0.3 is 0 Å². The SMILES string of the molecule is [C-]1=CC=CC1.[O-2].[O-2].[O-2].[Re]. The summed E-state index contributed by atoms with van der Waals surface area (Å²) >= 11 is 0. The Morgan fingerprint density at radius 3 is 1.78 bits per heavy atom. The van der Waals surface area contributed by atoms with Crippen LogP contribution in [0.25, 0.3) is 0 Å². The zero-order chi connectivity index (χ0) is 3.54. The average molecular weight is 299 g/mol. The van der Waals surface area contributed by atoms with Gasteiger partial charge < -0.3 is 16.4 Å². The first kappa shape index (κ1) is 23.0. The van der Waals surface area contributed by atoms with Crippen LogP contribution in [0.4, 0.5) is 0 Å². The molecule has 0 amide bonds. The van der Waals surface area contributed by atoms with Crippen molar-refractivity contribution in [2.24, 2.45) is 0 Å². The Morgan fingerprint density at radius 2 is 1.67 bits per heavy atom. The van der Waals surface area contributed by atoms with Crippen LogP contribution in [0.15, 0.2) is 18.2 Å². The van der Waals surface area contributed by atoms with E-state index in [1.165, 1.54) is 0 Å². The average Bonchev–Trinajstić information content (AvgIpc) is 1.76. The zero-order valence-corrected chi connectivity index (χ0v) is 7.26. The summed E-state index contributed by atoms with van der Waals surface area (Å²) in [4.78, 5) is 0. The van der Waals surface area contributed by atoms with Crippen LogP contribution < -0.4 is 0 Å². The molecule has 0 heterocycles. The van der Waals surface area contributed by atoms with Crippen molar-refractivity contribution < 1.29 is 36.9 Å². The van der Waals surface area contributed by atoms with E-state index in [4.69, 9.17) is 0 Å². The Balaban J connectivity index is -0.0000000312. The Bertz CT molecular complexity index is 70.3. The molecule has 0 bridgehead atoms. The topological polar surface area (TPSA) is 85.5 Å². The molecule has 0 spiro atoms. The fourth-order valence-corrected chi connectivity index (χ4v) is 0.340. The largest absolute Gasteiger partial charge is 2.00 e. The summed E-state index contributed by atoms with van der Waals surface area (Å²) in [6.07, 6.45) is 10.0.